The molecule has 24 heavy (non-hydrogen) atoms. The number of nitrogens with one attached hydrogen (secondary N) is 1. The molecule has 1 aromatic rings. The highest BCUT2D eigenvalue weighted by Gasteiger charge is 2.23. The van der Waals surface area contributed by atoms with Crippen molar-refractivity contribution in [1.82, 2.24) is 15.1 Å². The third kappa shape index (κ3) is 4.13. The van der Waals surface area contributed by atoms with Gasteiger partial charge in [0.05, 0.1) is 0 Å². The summed E-state index contributed by atoms with van der Waals surface area (Å²) >= 11 is 0. The predicted molar refractivity (Wildman–Crippen MR) is 90.7 cm³/mol. The van der Waals surface area contributed by atoms with E-state index in [2.05, 4.69) is 17.3 Å². The zero-order valence-corrected chi connectivity index (χ0v) is 14.2. The van der Waals surface area contributed by atoms with E-state index in [4.69, 9.17) is 4.74 Å². The molecule has 2 heterocycles. The summed E-state index contributed by atoms with van der Waals surface area (Å²) in [6, 6.07) is 7.49. The van der Waals surface area contributed by atoms with Gasteiger partial charge in [-0.3, -0.25) is 9.59 Å². The molecule has 2 fully saturated rings. The molecule has 6 heteroatoms. The number of ether oxygens (including phenoxy) is 1. The first-order valence-electron chi connectivity index (χ1n) is 8.59. The van der Waals surface area contributed by atoms with Gasteiger partial charge in [-0.05, 0) is 37.6 Å². The van der Waals surface area contributed by atoms with Gasteiger partial charge in [-0.2, -0.15) is 0 Å². The Balaban J connectivity index is 1.51. The number of piperazine rings is 1. The third-order valence-corrected chi connectivity index (χ3v) is 4.68. The fourth-order valence-electron chi connectivity index (χ4n) is 3.04. The summed E-state index contributed by atoms with van der Waals surface area (Å²) in [4.78, 5) is 28.5. The van der Waals surface area contributed by atoms with Gasteiger partial charge in [-0.15, -0.1) is 0 Å². The third-order valence-electron chi connectivity index (χ3n) is 4.68. The van der Waals surface area contributed by atoms with Gasteiger partial charge in [0.1, 0.15) is 6.10 Å². The molecular formula is C18H25N3O3. The molecule has 0 bridgehead atoms. The SMILES string of the molecule is CN1CCN(C(=O)c2ccc(CNC(=O)[C@H]3CCCO3)cc2)CC1. The number of hydrogen-bond donors (Lipinski definition) is 1. The minimum Gasteiger partial charge on any atom is -0.368 e. The summed E-state index contributed by atoms with van der Waals surface area (Å²) in [5, 5.41) is 2.89. The van der Waals surface area contributed by atoms with E-state index in [0.717, 1.165) is 44.6 Å². The molecule has 0 radical (unpaired) electrons. The average molecular weight is 331 g/mol. The second-order valence-corrected chi connectivity index (χ2v) is 6.51. The standard InChI is InChI=1S/C18H25N3O3/c1-20-8-10-21(11-9-20)18(23)15-6-4-14(5-7-15)13-19-17(22)16-3-2-12-24-16/h4-7,16H,2-3,8-13H2,1H3,(H,19,22)/t16-/m1/s1. The quantitative estimate of drug-likeness (QED) is 0.889. The summed E-state index contributed by atoms with van der Waals surface area (Å²) in [5.41, 5.74) is 1.69. The van der Waals surface area contributed by atoms with Crippen molar-refractivity contribution in [1.29, 1.82) is 0 Å². The van der Waals surface area contributed by atoms with Gasteiger partial charge >= 0.3 is 0 Å². The van der Waals surface area contributed by atoms with Crippen molar-refractivity contribution in [3.63, 3.8) is 0 Å². The normalized spacial score (nSPS) is 21.7. The van der Waals surface area contributed by atoms with E-state index in [9.17, 15) is 9.59 Å². The number of benzene rings is 1. The molecule has 2 amide bonds. The van der Waals surface area contributed by atoms with Crippen molar-refractivity contribution in [2.24, 2.45) is 0 Å². The zero-order valence-electron chi connectivity index (χ0n) is 14.2. The van der Waals surface area contributed by atoms with Crippen molar-refractivity contribution in [2.75, 3.05) is 39.8 Å². The van der Waals surface area contributed by atoms with Crippen LogP contribution in [-0.4, -0.2) is 67.6 Å². The van der Waals surface area contributed by atoms with Crippen LogP contribution in [0.4, 0.5) is 0 Å². The van der Waals surface area contributed by atoms with Crippen molar-refractivity contribution < 1.29 is 14.3 Å². The first kappa shape index (κ1) is 16.9. The second kappa shape index (κ2) is 7.77. The average Bonchev–Trinajstić information content (AvgIpc) is 3.15. The number of hydrogen-bond acceptors (Lipinski definition) is 4. The highest BCUT2D eigenvalue weighted by Crippen LogP contribution is 2.13. The highest BCUT2D eigenvalue weighted by atomic mass is 16.5. The Morgan fingerprint density at radius 2 is 1.88 bits per heavy atom. The van der Waals surface area contributed by atoms with Gasteiger partial charge < -0.3 is 19.9 Å². The number of likely N-dealkylation sites (N-methyl/N-ethyl adjacent to an activating group) is 1. The molecular weight excluding hydrogens is 306 g/mol. The Bertz CT molecular complexity index is 574. The van der Waals surface area contributed by atoms with Crippen molar-refractivity contribution in [2.45, 2.75) is 25.5 Å². The Hall–Kier alpha value is -1.92. The number of rotatable bonds is 4. The monoisotopic (exact) mass is 331 g/mol. The predicted octanol–water partition coefficient (Wildman–Crippen LogP) is 0.869. The van der Waals surface area contributed by atoms with Gasteiger partial charge in [0.25, 0.3) is 5.91 Å². The largest absolute Gasteiger partial charge is 0.368 e. The molecule has 1 aromatic carbocycles. The number of nitrogens with zero attached hydrogens (tertiary/aromatic N) is 2. The highest BCUT2D eigenvalue weighted by molar-refractivity contribution is 5.94. The maximum Gasteiger partial charge on any atom is 0.253 e. The van der Waals surface area contributed by atoms with Crippen LogP contribution in [0, 0.1) is 0 Å². The molecule has 2 saturated heterocycles. The Kier molecular flexibility index (Phi) is 5.48. The number of carbonyl (C=O) groups is 2. The van der Waals surface area contributed by atoms with Crippen LogP contribution in [0.25, 0.3) is 0 Å². The number of amides is 2. The number of carbonyl (C=O) groups excluding carboxylic acids is 2. The van der Waals surface area contributed by atoms with Crippen molar-refractivity contribution in [3.8, 4) is 0 Å². The van der Waals surface area contributed by atoms with Crippen LogP contribution in [0.1, 0.15) is 28.8 Å². The van der Waals surface area contributed by atoms with Gasteiger partial charge in [-0.1, -0.05) is 12.1 Å². The minimum absolute atomic E-state index is 0.0508. The van der Waals surface area contributed by atoms with Crippen LogP contribution < -0.4 is 5.32 Å². The lowest BCUT2D eigenvalue weighted by Crippen LogP contribution is -2.47. The van der Waals surface area contributed by atoms with E-state index in [1.54, 1.807) is 0 Å². The molecule has 6 nitrogen and oxygen atoms in total. The summed E-state index contributed by atoms with van der Waals surface area (Å²) in [6.07, 6.45) is 1.44. The lowest BCUT2D eigenvalue weighted by molar-refractivity contribution is -0.130. The maximum atomic E-state index is 12.5. The summed E-state index contributed by atoms with van der Waals surface area (Å²) in [5.74, 6) is 0.0307. The molecule has 1 atom stereocenters. The summed E-state index contributed by atoms with van der Waals surface area (Å²) in [7, 11) is 2.07. The van der Waals surface area contributed by atoms with E-state index in [1.807, 2.05) is 29.2 Å². The van der Waals surface area contributed by atoms with Crippen LogP contribution in [0.5, 0.6) is 0 Å². The molecule has 130 valence electrons. The van der Waals surface area contributed by atoms with E-state index in [1.165, 1.54) is 0 Å². The topological polar surface area (TPSA) is 61.9 Å². The van der Waals surface area contributed by atoms with E-state index < -0.39 is 0 Å². The molecule has 0 aromatic heterocycles. The van der Waals surface area contributed by atoms with Crippen LogP contribution in [0.3, 0.4) is 0 Å². The fraction of sp³-hybridized carbons (Fsp3) is 0.556. The Labute approximate surface area is 142 Å². The van der Waals surface area contributed by atoms with Gasteiger partial charge in [-0.25, -0.2) is 0 Å². The van der Waals surface area contributed by atoms with Gasteiger partial charge in [0.15, 0.2) is 0 Å². The summed E-state index contributed by atoms with van der Waals surface area (Å²) in [6.45, 7) is 4.50. The van der Waals surface area contributed by atoms with Gasteiger partial charge in [0.2, 0.25) is 5.91 Å². The maximum absolute atomic E-state index is 12.5. The Morgan fingerprint density at radius 3 is 2.50 bits per heavy atom. The van der Waals surface area contributed by atoms with Crippen LogP contribution in [-0.2, 0) is 16.1 Å². The molecule has 2 aliphatic rings. The first-order chi connectivity index (χ1) is 11.6. The molecule has 0 saturated carbocycles. The summed E-state index contributed by atoms with van der Waals surface area (Å²) < 4.78 is 5.36. The molecule has 0 spiro atoms. The van der Waals surface area contributed by atoms with E-state index in [0.29, 0.717) is 18.7 Å². The smallest absolute Gasteiger partial charge is 0.253 e. The first-order valence-corrected chi connectivity index (χ1v) is 8.59. The van der Waals surface area contributed by atoms with Crippen LogP contribution in [0.2, 0.25) is 0 Å². The van der Waals surface area contributed by atoms with Gasteiger partial charge in [0, 0.05) is 44.9 Å². The fourth-order valence-corrected chi connectivity index (χ4v) is 3.04. The molecule has 2 aliphatic heterocycles. The Morgan fingerprint density at radius 1 is 1.17 bits per heavy atom. The second-order valence-electron chi connectivity index (χ2n) is 6.51. The molecule has 3 rings (SSSR count). The van der Waals surface area contributed by atoms with E-state index >= 15 is 0 Å². The van der Waals surface area contributed by atoms with Crippen LogP contribution in [0.15, 0.2) is 24.3 Å². The van der Waals surface area contributed by atoms with Crippen LogP contribution >= 0.6 is 0 Å². The molecule has 0 aliphatic carbocycles. The van der Waals surface area contributed by atoms with Crippen molar-refractivity contribution >= 4 is 11.8 Å². The zero-order chi connectivity index (χ0) is 16.9. The minimum atomic E-state index is -0.303. The van der Waals surface area contributed by atoms with Crippen molar-refractivity contribution in [3.05, 3.63) is 35.4 Å². The lowest BCUT2D eigenvalue weighted by atomic mass is 10.1. The molecule has 1 N–H and O–H groups in total. The molecule has 0 unspecified atom stereocenters. The lowest BCUT2D eigenvalue weighted by Gasteiger charge is -2.32. The van der Waals surface area contributed by atoms with E-state index in [-0.39, 0.29) is 17.9 Å².